The van der Waals surface area contributed by atoms with Gasteiger partial charge in [-0.25, -0.2) is 8.42 Å². The zero-order valence-electron chi connectivity index (χ0n) is 18.8. The predicted octanol–water partition coefficient (Wildman–Crippen LogP) is 3.59. The van der Waals surface area contributed by atoms with E-state index in [1.165, 1.54) is 22.6 Å². The number of nitrogens with one attached hydrogen (secondary N) is 2. The van der Waals surface area contributed by atoms with E-state index in [4.69, 9.17) is 0 Å². The molecule has 0 unspecified atom stereocenters. The molecule has 3 aromatic rings. The molecule has 0 atom stereocenters. The van der Waals surface area contributed by atoms with Crippen LogP contribution in [0.3, 0.4) is 0 Å². The fourth-order valence-corrected chi connectivity index (χ4v) is 5.65. The second-order valence-electron chi connectivity index (χ2n) is 8.41. The third-order valence-electron chi connectivity index (χ3n) is 6.15. The molecule has 7 nitrogen and oxygen atoms in total. The van der Waals surface area contributed by atoms with Crippen LogP contribution in [0.4, 0.5) is 0 Å². The molecule has 2 N–H and O–H groups in total. The number of benzene rings is 2. The van der Waals surface area contributed by atoms with Crippen molar-refractivity contribution in [2.75, 3.05) is 13.1 Å². The van der Waals surface area contributed by atoms with Gasteiger partial charge in [-0.2, -0.15) is 4.31 Å². The lowest BCUT2D eigenvalue weighted by atomic mass is 10.0. The van der Waals surface area contributed by atoms with Crippen LogP contribution < -0.4 is 10.7 Å². The number of H-pyrrole nitrogens is 1. The number of carbonyl (C=O) groups excluding carboxylic acids is 1. The summed E-state index contributed by atoms with van der Waals surface area (Å²) in [6.45, 7) is 3.30. The molecule has 8 heteroatoms. The zero-order valence-corrected chi connectivity index (χ0v) is 19.6. The van der Waals surface area contributed by atoms with Crippen molar-refractivity contribution in [1.82, 2.24) is 14.6 Å². The van der Waals surface area contributed by atoms with E-state index in [2.05, 4.69) is 17.2 Å². The van der Waals surface area contributed by atoms with Crippen LogP contribution in [-0.2, 0) is 23.0 Å². The molecule has 2 heterocycles. The summed E-state index contributed by atoms with van der Waals surface area (Å²) in [6, 6.07) is 12.3. The molecule has 4 rings (SSSR count). The molecule has 174 valence electrons. The van der Waals surface area contributed by atoms with Crippen LogP contribution in [-0.4, -0.2) is 36.7 Å². The molecule has 0 fully saturated rings. The summed E-state index contributed by atoms with van der Waals surface area (Å²) in [5.74, 6) is -0.449. The Morgan fingerprint density at radius 1 is 1.09 bits per heavy atom. The lowest BCUT2D eigenvalue weighted by Crippen LogP contribution is -2.36. The van der Waals surface area contributed by atoms with E-state index in [-0.39, 0.29) is 15.8 Å². The number of fused-ring (bicyclic) bond motifs is 2. The Balaban J connectivity index is 1.59. The molecule has 0 bridgehead atoms. The Bertz CT molecular complexity index is 1330. The first-order valence-corrected chi connectivity index (χ1v) is 12.9. The average Bonchev–Trinajstić information content (AvgIpc) is 2.83. The fraction of sp³-hybridized carbons (Fsp3) is 0.360. The fourth-order valence-electron chi connectivity index (χ4n) is 4.20. The molecule has 2 aromatic carbocycles. The molecule has 0 spiro atoms. The van der Waals surface area contributed by atoms with Crippen LogP contribution in [0.15, 0.2) is 58.4 Å². The summed E-state index contributed by atoms with van der Waals surface area (Å²) < 4.78 is 28.1. The number of aromatic amines is 1. The molecule has 1 aliphatic rings. The quantitative estimate of drug-likeness (QED) is 0.495. The molecular weight excluding hydrogens is 438 g/mol. The van der Waals surface area contributed by atoms with Crippen LogP contribution in [0.1, 0.15) is 54.1 Å². The summed E-state index contributed by atoms with van der Waals surface area (Å²) in [5.41, 5.74) is 2.14. The number of carbonyl (C=O) groups is 1. The number of aromatic nitrogens is 1. The molecule has 0 saturated heterocycles. The summed E-state index contributed by atoms with van der Waals surface area (Å²) >= 11 is 0. The number of sulfonamides is 1. The van der Waals surface area contributed by atoms with Crippen molar-refractivity contribution in [2.45, 2.75) is 50.5 Å². The van der Waals surface area contributed by atoms with Crippen LogP contribution in [0.2, 0.25) is 0 Å². The third-order valence-corrected chi connectivity index (χ3v) is 7.99. The highest BCUT2D eigenvalue weighted by Crippen LogP contribution is 2.26. The maximum absolute atomic E-state index is 13.3. The third kappa shape index (κ3) is 4.86. The van der Waals surface area contributed by atoms with Gasteiger partial charge < -0.3 is 10.3 Å². The molecular formula is C25H29N3O4S. The van der Waals surface area contributed by atoms with Gasteiger partial charge in [0.15, 0.2) is 0 Å². The summed E-state index contributed by atoms with van der Waals surface area (Å²) in [7, 11) is -3.79. The molecule has 1 aliphatic heterocycles. The van der Waals surface area contributed by atoms with Gasteiger partial charge in [0.05, 0.1) is 4.90 Å². The highest BCUT2D eigenvalue weighted by molar-refractivity contribution is 7.89. The maximum Gasteiger partial charge on any atom is 0.256 e. The largest absolute Gasteiger partial charge is 0.360 e. The Kier molecular flexibility index (Phi) is 6.95. The number of unbranched alkanes of at least 4 members (excludes halogenated alkanes) is 3. The van der Waals surface area contributed by atoms with Gasteiger partial charge in [-0.15, -0.1) is 0 Å². The predicted molar refractivity (Wildman–Crippen MR) is 129 cm³/mol. The molecule has 0 aliphatic carbocycles. The van der Waals surface area contributed by atoms with E-state index in [0.29, 0.717) is 31.6 Å². The SMILES string of the molecule is CCCCCCNC(=O)c1c[nH]c2ccc(S(=O)(=O)N3CCc4ccccc4C3)cc2c1=O. The van der Waals surface area contributed by atoms with E-state index in [9.17, 15) is 18.0 Å². The number of amides is 1. The number of pyridine rings is 1. The smallest absolute Gasteiger partial charge is 0.256 e. The van der Waals surface area contributed by atoms with Gasteiger partial charge in [-0.3, -0.25) is 9.59 Å². The Hall–Kier alpha value is -2.97. The molecule has 1 aromatic heterocycles. The van der Waals surface area contributed by atoms with E-state index in [1.807, 2.05) is 24.3 Å². The highest BCUT2D eigenvalue weighted by Gasteiger charge is 2.28. The van der Waals surface area contributed by atoms with Crippen molar-refractivity contribution in [2.24, 2.45) is 0 Å². The van der Waals surface area contributed by atoms with Gasteiger partial charge in [0, 0.05) is 36.7 Å². The number of hydrogen-bond donors (Lipinski definition) is 2. The second-order valence-corrected chi connectivity index (χ2v) is 10.4. The van der Waals surface area contributed by atoms with Crippen molar-refractivity contribution in [3.63, 3.8) is 0 Å². The first kappa shape index (κ1) is 23.2. The summed E-state index contributed by atoms with van der Waals surface area (Å²) in [4.78, 5) is 28.6. The van der Waals surface area contributed by atoms with Crippen LogP contribution >= 0.6 is 0 Å². The highest BCUT2D eigenvalue weighted by atomic mass is 32.2. The Morgan fingerprint density at radius 3 is 2.67 bits per heavy atom. The maximum atomic E-state index is 13.3. The molecule has 0 saturated carbocycles. The Labute approximate surface area is 193 Å². The van der Waals surface area contributed by atoms with E-state index in [1.54, 1.807) is 6.07 Å². The molecule has 1 amide bonds. The summed E-state index contributed by atoms with van der Waals surface area (Å²) in [5, 5.41) is 2.97. The topological polar surface area (TPSA) is 99.3 Å². The Morgan fingerprint density at radius 2 is 1.88 bits per heavy atom. The van der Waals surface area contributed by atoms with Gasteiger partial charge in [0.25, 0.3) is 5.91 Å². The van der Waals surface area contributed by atoms with Crippen molar-refractivity contribution >= 4 is 26.8 Å². The lowest BCUT2D eigenvalue weighted by molar-refractivity contribution is 0.0951. The van der Waals surface area contributed by atoms with Crippen LogP contribution in [0.25, 0.3) is 10.9 Å². The second kappa shape index (κ2) is 9.89. The number of nitrogens with zero attached hydrogens (tertiary/aromatic N) is 1. The van der Waals surface area contributed by atoms with E-state index >= 15 is 0 Å². The van der Waals surface area contributed by atoms with Gasteiger partial charge in [0.2, 0.25) is 15.5 Å². The van der Waals surface area contributed by atoms with E-state index in [0.717, 1.165) is 36.8 Å². The van der Waals surface area contributed by atoms with Crippen molar-refractivity contribution in [3.8, 4) is 0 Å². The monoisotopic (exact) mass is 467 g/mol. The van der Waals surface area contributed by atoms with Crippen molar-refractivity contribution in [1.29, 1.82) is 0 Å². The minimum Gasteiger partial charge on any atom is -0.360 e. The molecule has 0 radical (unpaired) electrons. The van der Waals surface area contributed by atoms with Gasteiger partial charge in [-0.05, 0) is 42.2 Å². The number of rotatable bonds is 8. The average molecular weight is 468 g/mol. The van der Waals surface area contributed by atoms with Crippen molar-refractivity contribution < 1.29 is 13.2 Å². The van der Waals surface area contributed by atoms with Crippen LogP contribution in [0, 0.1) is 0 Å². The van der Waals surface area contributed by atoms with Crippen LogP contribution in [0.5, 0.6) is 0 Å². The van der Waals surface area contributed by atoms with E-state index < -0.39 is 21.4 Å². The standard InChI is InChI=1S/C25H29N3O4S/c1-2-3-4-7-13-26-25(30)22-16-27-23-11-10-20(15-21(23)24(22)29)33(31,32)28-14-12-18-8-5-6-9-19(18)17-28/h5-6,8-11,15-16H,2-4,7,12-14,17H2,1H3,(H,26,30)(H,27,29). The van der Waals surface area contributed by atoms with Crippen molar-refractivity contribution in [3.05, 3.63) is 75.6 Å². The first-order valence-electron chi connectivity index (χ1n) is 11.4. The normalized spacial score (nSPS) is 14.2. The van der Waals surface area contributed by atoms with Gasteiger partial charge in [-0.1, -0.05) is 50.5 Å². The minimum atomic E-state index is -3.79. The lowest BCUT2D eigenvalue weighted by Gasteiger charge is -2.28. The number of hydrogen-bond acceptors (Lipinski definition) is 4. The van der Waals surface area contributed by atoms with Gasteiger partial charge in [0.1, 0.15) is 5.56 Å². The van der Waals surface area contributed by atoms with Gasteiger partial charge >= 0.3 is 0 Å². The first-order chi connectivity index (χ1) is 15.9. The summed E-state index contributed by atoms with van der Waals surface area (Å²) in [6.07, 6.45) is 6.12. The minimum absolute atomic E-state index is 0.0144. The molecule has 33 heavy (non-hydrogen) atoms. The zero-order chi connectivity index (χ0) is 23.4.